The first-order chi connectivity index (χ1) is 7.44. The lowest BCUT2D eigenvalue weighted by Crippen LogP contribution is -2.41. The van der Waals surface area contributed by atoms with Crippen LogP contribution in [0, 0.1) is 0 Å². The highest BCUT2D eigenvalue weighted by Gasteiger charge is 2.37. The normalized spacial score (nSPS) is 22.0. The number of hydrogen-bond acceptors (Lipinski definition) is 5. The van der Waals surface area contributed by atoms with E-state index in [9.17, 15) is 16.8 Å². The molecule has 2 rings (SSSR count). The van der Waals surface area contributed by atoms with Crippen LogP contribution in [0.4, 0.5) is 0 Å². The molecule has 16 heavy (non-hydrogen) atoms. The molecule has 1 aromatic heterocycles. The second-order valence-corrected chi connectivity index (χ2v) is 8.74. The molecule has 1 fully saturated rings. The van der Waals surface area contributed by atoms with Crippen LogP contribution >= 0.6 is 11.3 Å². The Labute approximate surface area is 98.8 Å². The second kappa shape index (κ2) is 4.10. The summed E-state index contributed by atoms with van der Waals surface area (Å²) in [6.07, 6.45) is 1.11. The quantitative estimate of drug-likeness (QED) is 0.806. The van der Waals surface area contributed by atoms with Crippen LogP contribution in [0.25, 0.3) is 0 Å². The number of thiophene rings is 1. The van der Waals surface area contributed by atoms with E-state index in [0.717, 1.165) is 11.3 Å². The van der Waals surface area contributed by atoms with Gasteiger partial charge in [-0.1, -0.05) is 9.78 Å². The lowest BCUT2D eigenvalue weighted by Gasteiger charge is -2.24. The molecule has 0 radical (unpaired) electrons. The molecule has 0 N–H and O–H groups in total. The predicted octanol–water partition coefficient (Wildman–Crippen LogP) is 0.862. The van der Waals surface area contributed by atoms with Crippen molar-refractivity contribution in [1.29, 1.82) is 0 Å². The summed E-state index contributed by atoms with van der Waals surface area (Å²) in [5.74, 6) is -0.0857. The van der Waals surface area contributed by atoms with E-state index in [2.05, 4.69) is 0 Å². The van der Waals surface area contributed by atoms with Crippen LogP contribution in [0.5, 0.6) is 0 Å². The largest absolute Gasteiger partial charge is 0.265 e. The number of nitrogens with zero attached hydrogens (tertiary/aromatic N) is 1. The van der Waals surface area contributed by atoms with Crippen molar-refractivity contribution >= 4 is 31.4 Å². The third kappa shape index (κ3) is 2.02. The van der Waals surface area contributed by atoms with E-state index in [1.54, 1.807) is 11.4 Å². The van der Waals surface area contributed by atoms with E-state index in [-0.39, 0.29) is 16.5 Å². The van der Waals surface area contributed by atoms with Gasteiger partial charge >= 0.3 is 0 Å². The Balaban J connectivity index is 2.45. The maximum atomic E-state index is 12.0. The number of sulfonamides is 2. The topological polar surface area (TPSA) is 71.5 Å². The smallest absolute Gasteiger partial charge is 0.211 e. The minimum atomic E-state index is -3.86. The van der Waals surface area contributed by atoms with Gasteiger partial charge in [-0.25, -0.2) is 16.8 Å². The van der Waals surface area contributed by atoms with Crippen molar-refractivity contribution in [2.45, 2.75) is 17.1 Å². The average Bonchev–Trinajstić information content (AvgIpc) is 2.69. The highest BCUT2D eigenvalue weighted by molar-refractivity contribution is 8.04. The SMILES string of the molecule is O=S1(=O)CCCCN1S(=O)(=O)c1cccs1. The molecule has 5 nitrogen and oxygen atoms in total. The van der Waals surface area contributed by atoms with Crippen molar-refractivity contribution in [2.24, 2.45) is 0 Å². The molecule has 1 aliphatic heterocycles. The van der Waals surface area contributed by atoms with Gasteiger partial charge in [0.1, 0.15) is 4.21 Å². The van der Waals surface area contributed by atoms with E-state index in [1.807, 2.05) is 0 Å². The van der Waals surface area contributed by atoms with Crippen molar-refractivity contribution in [3.8, 4) is 0 Å². The minimum absolute atomic E-state index is 0.0581. The van der Waals surface area contributed by atoms with E-state index in [0.29, 0.717) is 16.6 Å². The molecule has 90 valence electrons. The monoisotopic (exact) mass is 281 g/mol. The highest BCUT2D eigenvalue weighted by Crippen LogP contribution is 2.26. The van der Waals surface area contributed by atoms with Crippen molar-refractivity contribution in [1.82, 2.24) is 3.71 Å². The Kier molecular flexibility index (Phi) is 3.08. The summed E-state index contributed by atoms with van der Waals surface area (Å²) in [7, 11) is -7.52. The van der Waals surface area contributed by atoms with Crippen molar-refractivity contribution in [2.75, 3.05) is 12.3 Å². The molecule has 0 saturated carbocycles. The van der Waals surface area contributed by atoms with Gasteiger partial charge in [-0.15, -0.1) is 11.3 Å². The van der Waals surface area contributed by atoms with Crippen LogP contribution in [0.3, 0.4) is 0 Å². The molecule has 0 spiro atoms. The number of rotatable bonds is 2. The molecule has 8 heteroatoms. The second-order valence-electron chi connectivity index (χ2n) is 3.46. The van der Waals surface area contributed by atoms with Gasteiger partial charge in [-0.2, -0.15) is 0 Å². The molecule has 2 heterocycles. The van der Waals surface area contributed by atoms with Gasteiger partial charge in [0, 0.05) is 6.54 Å². The predicted molar refractivity (Wildman–Crippen MR) is 61.2 cm³/mol. The summed E-state index contributed by atoms with van der Waals surface area (Å²) < 4.78 is 48.1. The molecule has 0 unspecified atom stereocenters. The summed E-state index contributed by atoms with van der Waals surface area (Å²) in [5, 5.41) is 1.61. The first kappa shape index (κ1) is 12.0. The van der Waals surface area contributed by atoms with Crippen LogP contribution in [-0.4, -0.2) is 32.8 Å². The zero-order valence-corrected chi connectivity index (χ0v) is 10.8. The maximum Gasteiger partial charge on any atom is 0.265 e. The Hall–Kier alpha value is -0.440. The van der Waals surface area contributed by atoms with Gasteiger partial charge in [0.2, 0.25) is 10.0 Å². The summed E-state index contributed by atoms with van der Waals surface area (Å²) in [4.78, 5) is 0. The van der Waals surface area contributed by atoms with Gasteiger partial charge in [0.25, 0.3) is 10.0 Å². The van der Waals surface area contributed by atoms with Crippen molar-refractivity contribution in [3.05, 3.63) is 17.5 Å². The fourth-order valence-corrected chi connectivity index (χ4v) is 6.72. The van der Waals surface area contributed by atoms with Crippen LogP contribution in [0.15, 0.2) is 21.7 Å². The molecule has 1 aliphatic rings. The Morgan fingerprint density at radius 1 is 1.31 bits per heavy atom. The van der Waals surface area contributed by atoms with E-state index in [1.165, 1.54) is 6.07 Å². The molecular formula is C8H11NO4S3. The van der Waals surface area contributed by atoms with Gasteiger partial charge in [0.15, 0.2) is 0 Å². The standard InChI is InChI=1S/C8H11NO4S3/c10-15(11)7-2-1-5-9(15)16(12,13)8-4-3-6-14-8/h3-4,6H,1-2,5,7H2. The molecule has 0 aromatic carbocycles. The van der Waals surface area contributed by atoms with Crippen LogP contribution in [0.2, 0.25) is 0 Å². The summed E-state index contributed by atoms with van der Waals surface area (Å²) in [5.41, 5.74) is 0. The fourth-order valence-electron chi connectivity index (χ4n) is 1.55. The van der Waals surface area contributed by atoms with Crippen molar-refractivity contribution in [3.63, 3.8) is 0 Å². The summed E-state index contributed by atoms with van der Waals surface area (Å²) >= 11 is 1.03. The molecule has 1 aromatic rings. The third-order valence-corrected chi connectivity index (χ3v) is 8.14. The van der Waals surface area contributed by atoms with Gasteiger partial charge in [-0.05, 0) is 24.3 Å². The summed E-state index contributed by atoms with van der Waals surface area (Å²) in [6.45, 7) is 0.0581. The van der Waals surface area contributed by atoms with Crippen molar-refractivity contribution < 1.29 is 16.8 Å². The van der Waals surface area contributed by atoms with E-state index >= 15 is 0 Å². The summed E-state index contributed by atoms with van der Waals surface area (Å²) in [6, 6.07) is 3.01. The van der Waals surface area contributed by atoms with Gasteiger partial charge in [-0.3, -0.25) is 0 Å². The molecule has 1 saturated heterocycles. The average molecular weight is 281 g/mol. The zero-order valence-electron chi connectivity index (χ0n) is 8.37. The van der Waals surface area contributed by atoms with Crippen LogP contribution < -0.4 is 0 Å². The Morgan fingerprint density at radius 3 is 2.62 bits per heavy atom. The third-order valence-electron chi connectivity index (χ3n) is 2.32. The Morgan fingerprint density at radius 2 is 2.06 bits per heavy atom. The van der Waals surface area contributed by atoms with Gasteiger partial charge in [0.05, 0.1) is 5.75 Å². The van der Waals surface area contributed by atoms with E-state index < -0.39 is 20.0 Å². The maximum absolute atomic E-state index is 12.0. The van der Waals surface area contributed by atoms with Crippen LogP contribution in [0.1, 0.15) is 12.8 Å². The molecule has 0 atom stereocenters. The zero-order chi connectivity index (χ0) is 11.8. The minimum Gasteiger partial charge on any atom is -0.211 e. The van der Waals surface area contributed by atoms with Crippen LogP contribution in [-0.2, 0) is 20.0 Å². The molecule has 0 bridgehead atoms. The lowest BCUT2D eigenvalue weighted by atomic mass is 10.3. The number of hydrogen-bond donors (Lipinski definition) is 0. The Bertz CT molecular complexity index is 558. The molecule has 0 amide bonds. The van der Waals surface area contributed by atoms with E-state index in [4.69, 9.17) is 0 Å². The first-order valence-electron chi connectivity index (χ1n) is 4.74. The highest BCUT2D eigenvalue weighted by atomic mass is 32.3. The lowest BCUT2D eigenvalue weighted by molar-refractivity contribution is 0.471. The molecule has 0 aliphatic carbocycles. The molecular weight excluding hydrogens is 270 g/mol. The fraction of sp³-hybridized carbons (Fsp3) is 0.500. The first-order valence-corrected chi connectivity index (χ1v) is 8.66. The van der Waals surface area contributed by atoms with Gasteiger partial charge < -0.3 is 0 Å².